The standard InChI is InChI=1S/C33H39FN2O5Si/c1-22-32(40-2)28-17-26(36(21-38)25-12-6-5-7-13-25)14-15-29(28)41-33(22)30(42(3,4)34)18-31(39)35-19-24-11-9-8-10-23(24)16-27(35)20-37/h5-15,17,21-22,27,30,32-33,37H,16,18-20H2,1-4H3/t22-,27-,30?,32-,33-/m0/s1. The molecule has 2 heterocycles. The van der Waals surface area contributed by atoms with Gasteiger partial charge in [0.15, 0.2) is 0 Å². The molecule has 2 amide bonds. The number of carbonyl (C=O) groups excluding carboxylic acids is 2. The fourth-order valence-corrected chi connectivity index (χ4v) is 8.28. The first kappa shape index (κ1) is 29.9. The molecule has 1 N–H and O–H groups in total. The molecule has 222 valence electrons. The van der Waals surface area contributed by atoms with Crippen molar-refractivity contribution >= 4 is 32.1 Å². The maximum Gasteiger partial charge on any atom is 0.248 e. The Morgan fingerprint density at radius 1 is 1.12 bits per heavy atom. The van der Waals surface area contributed by atoms with E-state index in [-0.39, 0.29) is 30.9 Å². The third-order valence-corrected chi connectivity index (χ3v) is 11.1. The largest absolute Gasteiger partial charge is 0.490 e. The van der Waals surface area contributed by atoms with Gasteiger partial charge in [0.1, 0.15) is 11.9 Å². The van der Waals surface area contributed by atoms with Crippen LogP contribution >= 0.6 is 0 Å². The topological polar surface area (TPSA) is 79.3 Å². The second-order valence-electron chi connectivity index (χ2n) is 11.8. The minimum absolute atomic E-state index is 0.0137. The number of para-hydroxylation sites is 1. The van der Waals surface area contributed by atoms with E-state index in [0.29, 0.717) is 24.4 Å². The Kier molecular flexibility index (Phi) is 8.82. The highest BCUT2D eigenvalue weighted by Crippen LogP contribution is 2.48. The lowest BCUT2D eigenvalue weighted by molar-refractivity contribution is -0.136. The Hall–Kier alpha value is -3.53. The summed E-state index contributed by atoms with van der Waals surface area (Å²) in [6.45, 7) is 5.45. The average Bonchev–Trinajstić information content (AvgIpc) is 2.99. The lowest BCUT2D eigenvalue weighted by atomic mass is 9.86. The number of hydrogen-bond acceptors (Lipinski definition) is 5. The second-order valence-corrected chi connectivity index (χ2v) is 15.7. The van der Waals surface area contributed by atoms with Crippen LogP contribution in [0.3, 0.4) is 0 Å². The molecule has 3 aromatic carbocycles. The van der Waals surface area contributed by atoms with Crippen molar-refractivity contribution in [2.45, 2.75) is 63.2 Å². The summed E-state index contributed by atoms with van der Waals surface area (Å²) < 4.78 is 28.6. The number of nitrogens with zero attached hydrogens (tertiary/aromatic N) is 2. The van der Waals surface area contributed by atoms with Crippen LogP contribution in [-0.4, -0.2) is 56.6 Å². The molecule has 42 heavy (non-hydrogen) atoms. The van der Waals surface area contributed by atoms with E-state index in [9.17, 15) is 14.7 Å². The van der Waals surface area contributed by atoms with Crippen LogP contribution in [0.2, 0.25) is 18.6 Å². The highest BCUT2D eigenvalue weighted by molar-refractivity contribution is 6.72. The van der Waals surface area contributed by atoms with Crippen molar-refractivity contribution in [2.24, 2.45) is 5.92 Å². The van der Waals surface area contributed by atoms with Crippen LogP contribution in [0.4, 0.5) is 15.5 Å². The third-order valence-electron chi connectivity index (χ3n) is 8.79. The zero-order valence-corrected chi connectivity index (χ0v) is 25.6. The van der Waals surface area contributed by atoms with Crippen LogP contribution < -0.4 is 9.64 Å². The Morgan fingerprint density at radius 3 is 2.45 bits per heavy atom. The van der Waals surface area contributed by atoms with Gasteiger partial charge < -0.3 is 23.6 Å². The minimum atomic E-state index is -3.43. The van der Waals surface area contributed by atoms with Gasteiger partial charge in [0.25, 0.3) is 0 Å². The number of anilines is 2. The van der Waals surface area contributed by atoms with Gasteiger partial charge in [-0.15, -0.1) is 0 Å². The van der Waals surface area contributed by atoms with Crippen LogP contribution in [0, 0.1) is 5.92 Å². The van der Waals surface area contributed by atoms with Gasteiger partial charge in [-0.05, 0) is 61.0 Å². The number of benzene rings is 3. The van der Waals surface area contributed by atoms with Gasteiger partial charge in [-0.1, -0.05) is 49.4 Å². The summed E-state index contributed by atoms with van der Waals surface area (Å²) in [6.07, 6.45) is 0.304. The van der Waals surface area contributed by atoms with E-state index in [1.54, 1.807) is 42.1 Å². The van der Waals surface area contributed by atoms with Crippen molar-refractivity contribution in [3.63, 3.8) is 0 Å². The van der Waals surface area contributed by atoms with Crippen LogP contribution in [0.1, 0.15) is 36.1 Å². The van der Waals surface area contributed by atoms with Gasteiger partial charge in [0, 0.05) is 48.5 Å². The molecule has 0 saturated heterocycles. The molecule has 5 rings (SSSR count). The van der Waals surface area contributed by atoms with E-state index in [1.807, 2.05) is 67.6 Å². The molecule has 0 bridgehead atoms. The van der Waals surface area contributed by atoms with Gasteiger partial charge in [-0.25, -0.2) is 0 Å². The van der Waals surface area contributed by atoms with Gasteiger partial charge in [-0.2, -0.15) is 0 Å². The molecule has 1 unspecified atom stereocenters. The SMILES string of the molecule is CO[C@@H]1c2cc(N(C=O)c3ccccc3)ccc2O[C@H](C(CC(=O)N2Cc3ccccc3C[C@H]2CO)[Si](C)(C)F)[C@H]1C. The smallest absolute Gasteiger partial charge is 0.248 e. The van der Waals surface area contributed by atoms with Gasteiger partial charge in [0.2, 0.25) is 20.7 Å². The predicted octanol–water partition coefficient (Wildman–Crippen LogP) is 5.95. The maximum atomic E-state index is 16.1. The van der Waals surface area contributed by atoms with E-state index >= 15 is 4.11 Å². The number of halogens is 1. The molecule has 5 atom stereocenters. The maximum absolute atomic E-state index is 16.1. The van der Waals surface area contributed by atoms with Crippen molar-refractivity contribution in [1.82, 2.24) is 4.90 Å². The van der Waals surface area contributed by atoms with Crippen LogP contribution in [0.5, 0.6) is 5.75 Å². The molecule has 0 aliphatic carbocycles. The quantitative estimate of drug-likeness (QED) is 0.189. The number of ether oxygens (including phenoxy) is 2. The molecule has 0 aromatic heterocycles. The fraction of sp³-hybridized carbons (Fsp3) is 0.394. The lowest BCUT2D eigenvalue weighted by Gasteiger charge is -2.44. The van der Waals surface area contributed by atoms with Gasteiger partial charge >= 0.3 is 0 Å². The van der Waals surface area contributed by atoms with Gasteiger partial charge in [-0.3, -0.25) is 14.5 Å². The number of amides is 2. The van der Waals surface area contributed by atoms with Crippen molar-refractivity contribution in [2.75, 3.05) is 18.6 Å². The van der Waals surface area contributed by atoms with E-state index in [1.165, 1.54) is 0 Å². The molecule has 7 nitrogen and oxygen atoms in total. The summed E-state index contributed by atoms with van der Waals surface area (Å²) in [6, 6.07) is 22.4. The lowest BCUT2D eigenvalue weighted by Crippen LogP contribution is -2.50. The predicted molar refractivity (Wildman–Crippen MR) is 163 cm³/mol. The van der Waals surface area contributed by atoms with Gasteiger partial charge in [0.05, 0.1) is 18.8 Å². The van der Waals surface area contributed by atoms with E-state index < -0.39 is 26.2 Å². The summed E-state index contributed by atoms with van der Waals surface area (Å²) in [5.74, 6) is 0.112. The molecule has 0 spiro atoms. The monoisotopic (exact) mass is 590 g/mol. The number of aliphatic hydroxyl groups excluding tert-OH is 1. The number of fused-ring (bicyclic) bond motifs is 2. The molecule has 0 radical (unpaired) electrons. The first-order valence-corrected chi connectivity index (χ1v) is 17.4. The average molecular weight is 591 g/mol. The number of hydrogen-bond donors (Lipinski definition) is 1. The molecule has 2 aliphatic heterocycles. The van der Waals surface area contributed by atoms with Crippen LogP contribution in [-0.2, 0) is 27.3 Å². The van der Waals surface area contributed by atoms with Crippen LogP contribution in [0.15, 0.2) is 72.8 Å². The molecule has 0 saturated carbocycles. The Balaban J connectivity index is 1.43. The van der Waals surface area contributed by atoms with Crippen molar-refractivity contribution in [1.29, 1.82) is 0 Å². The van der Waals surface area contributed by atoms with Crippen molar-refractivity contribution < 1.29 is 28.3 Å². The van der Waals surface area contributed by atoms with E-state index in [2.05, 4.69) is 0 Å². The summed E-state index contributed by atoms with van der Waals surface area (Å²) in [4.78, 5) is 29.1. The molecule has 2 aliphatic rings. The highest BCUT2D eigenvalue weighted by Gasteiger charge is 2.49. The summed E-state index contributed by atoms with van der Waals surface area (Å²) >= 11 is 0. The highest BCUT2D eigenvalue weighted by atomic mass is 28.4. The summed E-state index contributed by atoms with van der Waals surface area (Å²) in [7, 11) is -1.82. The number of rotatable bonds is 9. The van der Waals surface area contributed by atoms with Crippen LogP contribution in [0.25, 0.3) is 0 Å². The number of carbonyl (C=O) groups is 2. The van der Waals surface area contributed by atoms with E-state index in [4.69, 9.17) is 9.47 Å². The molecule has 0 fully saturated rings. The first-order valence-electron chi connectivity index (χ1n) is 14.4. The Labute approximate surface area is 248 Å². The fourth-order valence-electron chi connectivity index (χ4n) is 6.47. The number of methoxy groups -OCH3 is 1. The molecular formula is C33H39FN2O5Si. The molecule has 3 aromatic rings. The summed E-state index contributed by atoms with van der Waals surface area (Å²) in [5.41, 5.74) is 3.71. The van der Waals surface area contributed by atoms with E-state index in [0.717, 1.165) is 28.8 Å². The van der Waals surface area contributed by atoms with Crippen molar-refractivity contribution in [3.05, 3.63) is 89.5 Å². The first-order chi connectivity index (χ1) is 20.2. The normalized spacial score (nSPS) is 22.4. The Morgan fingerprint density at radius 2 is 1.81 bits per heavy atom. The zero-order chi connectivity index (χ0) is 30.0. The molecular weight excluding hydrogens is 551 g/mol. The summed E-state index contributed by atoms with van der Waals surface area (Å²) in [5, 5.41) is 10.1. The third kappa shape index (κ3) is 5.86. The van der Waals surface area contributed by atoms with Crippen molar-refractivity contribution in [3.8, 4) is 5.75 Å². The Bertz CT molecular complexity index is 1420. The minimum Gasteiger partial charge on any atom is -0.490 e. The second kappa shape index (κ2) is 12.4. The zero-order valence-electron chi connectivity index (χ0n) is 24.6. The number of aliphatic hydroxyl groups is 1. The molecule has 9 heteroatoms.